The zero-order valence-electron chi connectivity index (χ0n) is 18.5. The summed E-state index contributed by atoms with van der Waals surface area (Å²) in [6.45, 7) is 9.94. The molecule has 1 amide bonds. The molecular formula is C24H23N9O. The lowest BCUT2D eigenvalue weighted by atomic mass is 10.1. The highest BCUT2D eigenvalue weighted by molar-refractivity contribution is 5.95. The molecule has 2 aromatic heterocycles. The minimum atomic E-state index is -0.000102. The maximum atomic E-state index is 13.0. The van der Waals surface area contributed by atoms with Gasteiger partial charge in [0.15, 0.2) is 5.82 Å². The van der Waals surface area contributed by atoms with Gasteiger partial charge in [0.1, 0.15) is 5.82 Å². The number of aliphatic imine (C=N–C) groups is 1. The number of amides is 1. The molecule has 0 spiro atoms. The standard InChI is InChI=1S/C24H23N9O/c1-3-6-21(25-2)31-13-15-32(16-14-31)24(34)17-9-11-18(12-10-17)26-22-23-28-29-30-33(23)20-8-5-4-7-19(20)27-22/h3-12H,1-2,13-16H2,(H,26,27)/b21-6+. The van der Waals surface area contributed by atoms with E-state index in [9.17, 15) is 4.79 Å². The van der Waals surface area contributed by atoms with E-state index in [1.54, 1.807) is 10.6 Å². The summed E-state index contributed by atoms with van der Waals surface area (Å²) in [6, 6.07) is 15.0. The molecule has 0 saturated carbocycles. The van der Waals surface area contributed by atoms with Gasteiger partial charge in [-0.1, -0.05) is 24.8 Å². The van der Waals surface area contributed by atoms with Crippen LogP contribution in [0, 0.1) is 0 Å². The van der Waals surface area contributed by atoms with Crippen LogP contribution >= 0.6 is 0 Å². The number of hydrogen-bond donors (Lipinski definition) is 1. The summed E-state index contributed by atoms with van der Waals surface area (Å²) in [5.74, 6) is 1.31. The number of nitrogens with zero attached hydrogens (tertiary/aromatic N) is 8. The highest BCUT2D eigenvalue weighted by Gasteiger charge is 2.23. The molecule has 170 valence electrons. The number of para-hydroxylation sites is 2. The van der Waals surface area contributed by atoms with Gasteiger partial charge in [0.2, 0.25) is 5.65 Å². The second kappa shape index (κ2) is 9.10. The van der Waals surface area contributed by atoms with E-state index in [1.807, 2.05) is 59.5 Å². The van der Waals surface area contributed by atoms with Crippen molar-refractivity contribution < 1.29 is 4.79 Å². The van der Waals surface area contributed by atoms with Gasteiger partial charge in [-0.15, -0.1) is 5.10 Å². The predicted octanol–water partition coefficient (Wildman–Crippen LogP) is 2.90. The third kappa shape index (κ3) is 3.96. The summed E-state index contributed by atoms with van der Waals surface area (Å²) >= 11 is 0. The van der Waals surface area contributed by atoms with Crippen LogP contribution in [0.5, 0.6) is 0 Å². The van der Waals surface area contributed by atoms with Gasteiger partial charge in [0.25, 0.3) is 5.91 Å². The summed E-state index contributed by atoms with van der Waals surface area (Å²) in [5, 5.41) is 15.2. The quantitative estimate of drug-likeness (QED) is 0.354. The van der Waals surface area contributed by atoms with Crippen LogP contribution in [0.3, 0.4) is 0 Å². The van der Waals surface area contributed by atoms with Gasteiger partial charge in [0, 0.05) is 37.4 Å². The summed E-state index contributed by atoms with van der Waals surface area (Å²) in [5.41, 5.74) is 3.53. The van der Waals surface area contributed by atoms with Gasteiger partial charge in [-0.2, -0.15) is 4.52 Å². The lowest BCUT2D eigenvalue weighted by Gasteiger charge is -2.36. The zero-order chi connectivity index (χ0) is 23.5. The van der Waals surface area contributed by atoms with Crippen molar-refractivity contribution in [3.63, 3.8) is 0 Å². The van der Waals surface area contributed by atoms with Crippen LogP contribution in [0.4, 0.5) is 11.5 Å². The van der Waals surface area contributed by atoms with Crippen LogP contribution in [0.2, 0.25) is 0 Å². The van der Waals surface area contributed by atoms with Crippen molar-refractivity contribution >= 4 is 40.8 Å². The molecule has 10 nitrogen and oxygen atoms in total. The molecular weight excluding hydrogens is 430 g/mol. The molecule has 1 aliphatic rings. The number of carbonyl (C=O) groups excluding carboxylic acids is 1. The first-order valence-electron chi connectivity index (χ1n) is 10.9. The topological polar surface area (TPSA) is 104 Å². The van der Waals surface area contributed by atoms with Gasteiger partial charge in [0.05, 0.1) is 11.0 Å². The Morgan fingerprint density at radius 1 is 1.03 bits per heavy atom. The molecule has 0 unspecified atom stereocenters. The van der Waals surface area contributed by atoms with E-state index >= 15 is 0 Å². The molecule has 5 rings (SSSR count). The van der Waals surface area contributed by atoms with Crippen LogP contribution in [0.1, 0.15) is 10.4 Å². The number of anilines is 2. The SMILES string of the molecule is C=C/C=C(\N=C)N1CCN(C(=O)c2ccc(Nc3nc4ccccc4n4nnnc34)cc2)CC1. The van der Waals surface area contributed by atoms with Gasteiger partial charge >= 0.3 is 0 Å². The van der Waals surface area contributed by atoms with Crippen LogP contribution in [0.25, 0.3) is 16.7 Å². The molecule has 0 aliphatic carbocycles. The largest absolute Gasteiger partial charge is 0.353 e. The number of allylic oxidation sites excluding steroid dienone is 2. The molecule has 34 heavy (non-hydrogen) atoms. The van der Waals surface area contributed by atoms with Crippen molar-refractivity contribution in [3.05, 3.63) is 78.6 Å². The van der Waals surface area contributed by atoms with Gasteiger partial charge in [-0.05, 0) is 59.6 Å². The Balaban J connectivity index is 1.29. The van der Waals surface area contributed by atoms with Gasteiger partial charge in [-0.3, -0.25) is 4.79 Å². The number of nitrogens with one attached hydrogen (secondary N) is 1. The lowest BCUT2D eigenvalue weighted by molar-refractivity contribution is 0.0669. The fourth-order valence-electron chi connectivity index (χ4n) is 4.01. The summed E-state index contributed by atoms with van der Waals surface area (Å²) in [4.78, 5) is 25.7. The fourth-order valence-corrected chi connectivity index (χ4v) is 4.01. The second-order valence-corrected chi connectivity index (χ2v) is 7.76. The minimum absolute atomic E-state index is 0.000102. The van der Waals surface area contributed by atoms with E-state index in [0.29, 0.717) is 43.2 Å². The number of hydrogen-bond acceptors (Lipinski definition) is 8. The maximum Gasteiger partial charge on any atom is 0.253 e. The number of tetrazole rings is 1. The summed E-state index contributed by atoms with van der Waals surface area (Å²) in [6.07, 6.45) is 3.51. The number of piperazine rings is 1. The van der Waals surface area contributed by atoms with E-state index in [2.05, 4.69) is 49.0 Å². The van der Waals surface area contributed by atoms with Crippen molar-refractivity contribution in [2.45, 2.75) is 0 Å². The molecule has 0 bridgehead atoms. The maximum absolute atomic E-state index is 13.0. The average molecular weight is 454 g/mol. The molecule has 1 aliphatic heterocycles. The van der Waals surface area contributed by atoms with Crippen molar-refractivity contribution in [1.82, 2.24) is 34.8 Å². The molecule has 1 fully saturated rings. The van der Waals surface area contributed by atoms with Crippen LogP contribution in [0.15, 0.2) is 78.1 Å². The number of rotatable bonds is 6. The van der Waals surface area contributed by atoms with Crippen molar-refractivity contribution in [2.24, 2.45) is 4.99 Å². The first kappa shape index (κ1) is 21.3. The zero-order valence-corrected chi connectivity index (χ0v) is 18.5. The Morgan fingerprint density at radius 3 is 2.50 bits per heavy atom. The first-order valence-corrected chi connectivity index (χ1v) is 10.9. The molecule has 3 heterocycles. The Bertz CT molecular complexity index is 1400. The normalized spacial score (nSPS) is 14.4. The number of carbonyl (C=O) groups is 1. The summed E-state index contributed by atoms with van der Waals surface area (Å²) in [7, 11) is 0. The van der Waals surface area contributed by atoms with Crippen molar-refractivity contribution in [3.8, 4) is 0 Å². The highest BCUT2D eigenvalue weighted by Crippen LogP contribution is 2.23. The second-order valence-electron chi connectivity index (χ2n) is 7.76. The van der Waals surface area contributed by atoms with Crippen molar-refractivity contribution in [2.75, 3.05) is 31.5 Å². The average Bonchev–Trinajstić information content (AvgIpc) is 3.38. The lowest BCUT2D eigenvalue weighted by Crippen LogP contribution is -2.48. The Labute approximate surface area is 195 Å². The van der Waals surface area contributed by atoms with Crippen LogP contribution in [-0.2, 0) is 0 Å². The molecule has 1 saturated heterocycles. The summed E-state index contributed by atoms with van der Waals surface area (Å²) < 4.78 is 1.65. The highest BCUT2D eigenvalue weighted by atomic mass is 16.2. The minimum Gasteiger partial charge on any atom is -0.353 e. The monoisotopic (exact) mass is 453 g/mol. The number of benzene rings is 2. The van der Waals surface area contributed by atoms with Crippen LogP contribution in [-0.4, -0.2) is 73.6 Å². The Hall–Kier alpha value is -4.60. The molecule has 2 aromatic carbocycles. The third-order valence-electron chi connectivity index (χ3n) is 5.74. The van der Waals surface area contributed by atoms with E-state index in [0.717, 1.165) is 22.5 Å². The van der Waals surface area contributed by atoms with E-state index < -0.39 is 0 Å². The molecule has 0 atom stereocenters. The number of fused-ring (bicyclic) bond motifs is 3. The van der Waals surface area contributed by atoms with E-state index in [4.69, 9.17) is 0 Å². The van der Waals surface area contributed by atoms with Crippen molar-refractivity contribution in [1.29, 1.82) is 0 Å². The molecule has 0 radical (unpaired) electrons. The smallest absolute Gasteiger partial charge is 0.253 e. The molecule has 1 N–H and O–H groups in total. The van der Waals surface area contributed by atoms with E-state index in [-0.39, 0.29) is 5.91 Å². The van der Waals surface area contributed by atoms with Gasteiger partial charge < -0.3 is 15.1 Å². The Kier molecular flexibility index (Phi) is 5.69. The Morgan fingerprint density at radius 2 is 1.76 bits per heavy atom. The third-order valence-corrected chi connectivity index (χ3v) is 5.74. The molecule has 10 heteroatoms. The number of aromatic nitrogens is 5. The predicted molar refractivity (Wildman–Crippen MR) is 131 cm³/mol. The first-order chi connectivity index (χ1) is 16.7. The molecule has 4 aromatic rings. The van der Waals surface area contributed by atoms with E-state index in [1.165, 1.54) is 0 Å². The van der Waals surface area contributed by atoms with Gasteiger partial charge in [-0.25, -0.2) is 9.98 Å². The van der Waals surface area contributed by atoms with Crippen LogP contribution < -0.4 is 5.32 Å². The fraction of sp³-hybridized carbons (Fsp3) is 0.167.